The molecule has 0 aliphatic rings. The van der Waals surface area contributed by atoms with Gasteiger partial charge in [0.2, 0.25) is 5.87 Å². The highest BCUT2D eigenvalue weighted by Gasteiger charge is 1.85. The van der Waals surface area contributed by atoms with Crippen LogP contribution in [0.5, 0.6) is 0 Å². The Bertz CT molecular complexity index is 42.9. The number of rotatable bonds is 1. The van der Waals surface area contributed by atoms with Crippen molar-refractivity contribution in [3.63, 3.8) is 0 Å². The van der Waals surface area contributed by atoms with Gasteiger partial charge < -0.3 is 5.11 Å². The van der Waals surface area contributed by atoms with Crippen molar-refractivity contribution in [3.8, 4) is 0 Å². The lowest BCUT2D eigenvalue weighted by molar-refractivity contribution is 0.220. The minimum atomic E-state index is -0.745. The zero-order valence-corrected chi connectivity index (χ0v) is 3.06. The summed E-state index contributed by atoms with van der Waals surface area (Å²) in [6.45, 7) is 1.60. The van der Waals surface area contributed by atoms with Crippen LogP contribution in [0.4, 0.5) is 4.79 Å². The molecule has 0 fully saturated rings. The van der Waals surface area contributed by atoms with Crippen LogP contribution in [0.1, 0.15) is 0 Å². The van der Waals surface area contributed by atoms with Gasteiger partial charge in [-0.1, -0.05) is 6.82 Å². The molecule has 28 valence electrons. The van der Waals surface area contributed by atoms with E-state index in [2.05, 4.69) is 0 Å². The van der Waals surface area contributed by atoms with E-state index in [0.29, 0.717) is 0 Å². The molecule has 0 spiro atoms. The SMILES string of the molecule is CBC(=O)O. The molecule has 3 heteroatoms. The van der Waals surface area contributed by atoms with E-state index in [1.165, 1.54) is 0 Å². The molecule has 0 aromatic heterocycles. The van der Waals surface area contributed by atoms with Gasteiger partial charge in [0.25, 0.3) is 7.28 Å². The van der Waals surface area contributed by atoms with Crippen molar-refractivity contribution < 1.29 is 9.90 Å². The maximum Gasteiger partial charge on any atom is 0.256 e. The monoisotopic (exact) mass is 72.0 g/mol. The largest absolute Gasteiger partial charge is 0.489 e. The quantitative estimate of drug-likeness (QED) is 0.447. The molecular formula is C2H5BO2. The van der Waals surface area contributed by atoms with Gasteiger partial charge >= 0.3 is 0 Å². The molecule has 0 radical (unpaired) electrons. The van der Waals surface area contributed by atoms with Gasteiger partial charge in [-0.25, -0.2) is 0 Å². The van der Waals surface area contributed by atoms with Crippen LogP contribution >= 0.6 is 0 Å². The first kappa shape index (κ1) is 4.53. The van der Waals surface area contributed by atoms with Crippen molar-refractivity contribution in [2.45, 2.75) is 6.82 Å². The summed E-state index contributed by atoms with van der Waals surface area (Å²) in [7, 11) is 0.222. The number of carboxylic acid groups (broad SMARTS) is 1. The van der Waals surface area contributed by atoms with Crippen molar-refractivity contribution in [2.75, 3.05) is 0 Å². The van der Waals surface area contributed by atoms with Crippen LogP contribution in [0.3, 0.4) is 0 Å². The lowest BCUT2D eigenvalue weighted by Gasteiger charge is -1.69. The van der Waals surface area contributed by atoms with E-state index in [1.54, 1.807) is 6.82 Å². The van der Waals surface area contributed by atoms with Crippen molar-refractivity contribution in [1.29, 1.82) is 0 Å². The summed E-state index contributed by atoms with van der Waals surface area (Å²) in [6, 6.07) is 0. The molecule has 5 heavy (non-hydrogen) atoms. The maximum atomic E-state index is 9.37. The Morgan fingerprint density at radius 3 is 2.20 bits per heavy atom. The van der Waals surface area contributed by atoms with E-state index in [-0.39, 0.29) is 7.28 Å². The molecule has 0 atom stereocenters. The summed E-state index contributed by atoms with van der Waals surface area (Å²) in [5.74, 6) is -0.745. The number of hydrogen-bond acceptors (Lipinski definition) is 1. The molecule has 0 amide bonds. The average Bonchev–Trinajstić information content (AvgIpc) is 1.38. The molecule has 0 saturated carbocycles. The number of carbonyl (C=O) groups is 1. The summed E-state index contributed by atoms with van der Waals surface area (Å²) >= 11 is 0. The summed E-state index contributed by atoms with van der Waals surface area (Å²) in [4.78, 5) is 9.37. The second kappa shape index (κ2) is 1.82. The fraction of sp³-hybridized carbons (Fsp3) is 0.500. The molecule has 0 aliphatic carbocycles. The van der Waals surface area contributed by atoms with Crippen LogP contribution in [0.25, 0.3) is 0 Å². The van der Waals surface area contributed by atoms with Gasteiger partial charge in [-0.05, 0) is 0 Å². The van der Waals surface area contributed by atoms with Gasteiger partial charge in [0.1, 0.15) is 0 Å². The van der Waals surface area contributed by atoms with Gasteiger partial charge in [0.05, 0.1) is 0 Å². The van der Waals surface area contributed by atoms with Crippen LogP contribution in [0.2, 0.25) is 6.82 Å². The first-order valence-corrected chi connectivity index (χ1v) is 1.49. The van der Waals surface area contributed by atoms with Gasteiger partial charge in [0, 0.05) is 0 Å². The summed E-state index contributed by atoms with van der Waals surface area (Å²) in [5, 5.41) is 7.72. The minimum Gasteiger partial charge on any atom is -0.489 e. The average molecular weight is 71.9 g/mol. The summed E-state index contributed by atoms with van der Waals surface area (Å²) < 4.78 is 0. The van der Waals surface area contributed by atoms with Crippen molar-refractivity contribution in [2.24, 2.45) is 0 Å². The fourth-order valence-electron chi connectivity index (χ4n) is 0. The van der Waals surface area contributed by atoms with Crippen molar-refractivity contribution in [1.82, 2.24) is 0 Å². The van der Waals surface area contributed by atoms with E-state index in [4.69, 9.17) is 5.11 Å². The zero-order chi connectivity index (χ0) is 4.28. The summed E-state index contributed by atoms with van der Waals surface area (Å²) in [6.07, 6.45) is 0. The highest BCUT2D eigenvalue weighted by atomic mass is 16.4. The Morgan fingerprint density at radius 2 is 2.20 bits per heavy atom. The van der Waals surface area contributed by atoms with Gasteiger partial charge in [-0.2, -0.15) is 0 Å². The molecule has 0 aromatic carbocycles. The number of hydrogen-bond donors (Lipinski definition) is 1. The van der Waals surface area contributed by atoms with E-state index in [0.717, 1.165) is 0 Å². The molecule has 0 aromatic rings. The first-order chi connectivity index (χ1) is 2.27. The molecular weight excluding hydrogens is 66.8 g/mol. The second-order valence-electron chi connectivity index (χ2n) is 0.747. The smallest absolute Gasteiger partial charge is 0.256 e. The molecule has 1 N–H and O–H groups in total. The molecule has 2 nitrogen and oxygen atoms in total. The Hall–Kier alpha value is -0.465. The van der Waals surface area contributed by atoms with E-state index < -0.39 is 5.87 Å². The maximum absolute atomic E-state index is 9.37. The third-order valence-corrected chi connectivity index (χ3v) is 0.302. The van der Waals surface area contributed by atoms with Crippen LogP contribution < -0.4 is 0 Å². The third kappa shape index (κ3) is 3.53. The Balaban J connectivity index is 2.85. The second-order valence-corrected chi connectivity index (χ2v) is 0.747. The highest BCUT2D eigenvalue weighted by molar-refractivity contribution is 6.70. The van der Waals surface area contributed by atoms with Gasteiger partial charge in [-0.3, -0.25) is 4.79 Å². The highest BCUT2D eigenvalue weighted by Crippen LogP contribution is 1.56. The zero-order valence-electron chi connectivity index (χ0n) is 3.06. The van der Waals surface area contributed by atoms with Crippen LogP contribution in [0, 0.1) is 0 Å². The predicted octanol–water partition coefficient (Wildman–Crippen LogP) is 0.149. The molecule has 0 rings (SSSR count). The predicted molar refractivity (Wildman–Crippen MR) is 21.0 cm³/mol. The van der Waals surface area contributed by atoms with E-state index in [1.807, 2.05) is 0 Å². The van der Waals surface area contributed by atoms with Crippen molar-refractivity contribution in [3.05, 3.63) is 0 Å². The molecule has 0 bridgehead atoms. The Kier molecular flexibility index (Phi) is 1.65. The third-order valence-electron chi connectivity index (χ3n) is 0.302. The standard InChI is InChI=1S/C2H5BO2/c1-3-2(4)5/h3H,1H3,(H,4,5). The normalized spacial score (nSPS) is 6.60. The molecule has 0 unspecified atom stereocenters. The van der Waals surface area contributed by atoms with Gasteiger partial charge in [-0.15, -0.1) is 0 Å². The van der Waals surface area contributed by atoms with Crippen LogP contribution in [0.15, 0.2) is 0 Å². The molecule has 0 aliphatic heterocycles. The molecule has 0 saturated heterocycles. The lowest BCUT2D eigenvalue weighted by Crippen LogP contribution is -1.97. The Labute approximate surface area is 31.0 Å². The van der Waals surface area contributed by atoms with Crippen LogP contribution in [-0.4, -0.2) is 18.3 Å². The molecule has 0 heterocycles. The summed E-state index contributed by atoms with van der Waals surface area (Å²) in [5.41, 5.74) is 0. The topological polar surface area (TPSA) is 37.3 Å². The van der Waals surface area contributed by atoms with E-state index in [9.17, 15) is 4.79 Å². The van der Waals surface area contributed by atoms with E-state index >= 15 is 0 Å². The van der Waals surface area contributed by atoms with Crippen molar-refractivity contribution >= 4 is 13.1 Å². The van der Waals surface area contributed by atoms with Gasteiger partial charge in [0.15, 0.2) is 0 Å². The van der Waals surface area contributed by atoms with Crippen LogP contribution in [-0.2, 0) is 0 Å². The first-order valence-electron chi connectivity index (χ1n) is 1.49. The fourth-order valence-corrected chi connectivity index (χ4v) is 0. The minimum absolute atomic E-state index is 0.222. The Morgan fingerprint density at radius 1 is 2.00 bits per heavy atom. The lowest BCUT2D eigenvalue weighted by atomic mass is 9.84.